The van der Waals surface area contributed by atoms with Gasteiger partial charge in [0.25, 0.3) is 0 Å². The highest BCUT2D eigenvalue weighted by Gasteiger charge is 2.22. The zero-order valence-electron chi connectivity index (χ0n) is 13.3. The summed E-state index contributed by atoms with van der Waals surface area (Å²) in [6.45, 7) is 8.19. The number of nitrogens with zero attached hydrogens (tertiary/aromatic N) is 1. The Balaban J connectivity index is 3.11. The second-order valence-corrected chi connectivity index (χ2v) is 4.95. The average molecular weight is 280 g/mol. The molecule has 2 atom stereocenters. The fourth-order valence-corrected chi connectivity index (χ4v) is 2.60. The highest BCUT2D eigenvalue weighted by atomic mass is 16.5. The molecule has 0 heterocycles. The van der Waals surface area contributed by atoms with E-state index in [2.05, 4.69) is 31.7 Å². The first-order valence-electron chi connectivity index (χ1n) is 7.30. The number of benzene rings is 1. The summed E-state index contributed by atoms with van der Waals surface area (Å²) >= 11 is 0. The maximum atomic E-state index is 6.02. The number of nitrogens with two attached hydrogens (primary N) is 1. The molecule has 0 amide bonds. The summed E-state index contributed by atoms with van der Waals surface area (Å²) in [4.78, 5) is 2.43. The standard InChI is InChI=1S/C16H28N2O2/c1-6-12(3)18(7-2)14(11-17)13-8-9-15(19-4)16(10-13)20-5/h8-10,12,14H,6-7,11,17H2,1-5H3. The van der Waals surface area contributed by atoms with Crippen molar-refractivity contribution in [3.63, 3.8) is 0 Å². The van der Waals surface area contributed by atoms with Gasteiger partial charge in [0.2, 0.25) is 0 Å². The van der Waals surface area contributed by atoms with E-state index in [1.54, 1.807) is 14.2 Å². The minimum absolute atomic E-state index is 0.203. The third kappa shape index (κ3) is 3.64. The molecule has 0 bridgehead atoms. The molecular formula is C16H28N2O2. The van der Waals surface area contributed by atoms with Crippen molar-refractivity contribution in [2.24, 2.45) is 5.73 Å². The van der Waals surface area contributed by atoms with Crippen molar-refractivity contribution in [3.8, 4) is 11.5 Å². The Kier molecular flexibility index (Phi) is 6.82. The van der Waals surface area contributed by atoms with Crippen molar-refractivity contribution < 1.29 is 9.47 Å². The van der Waals surface area contributed by atoms with Gasteiger partial charge in [-0.2, -0.15) is 0 Å². The Morgan fingerprint density at radius 2 is 1.80 bits per heavy atom. The second-order valence-electron chi connectivity index (χ2n) is 4.95. The number of hydrogen-bond acceptors (Lipinski definition) is 4. The molecule has 0 saturated carbocycles. The predicted molar refractivity (Wildman–Crippen MR) is 83.5 cm³/mol. The second kappa shape index (κ2) is 8.12. The third-order valence-electron chi connectivity index (χ3n) is 3.94. The van der Waals surface area contributed by atoms with Crippen LogP contribution in [0.15, 0.2) is 18.2 Å². The molecule has 2 unspecified atom stereocenters. The molecule has 0 aliphatic heterocycles. The van der Waals surface area contributed by atoms with E-state index in [0.29, 0.717) is 12.6 Å². The van der Waals surface area contributed by atoms with Gasteiger partial charge >= 0.3 is 0 Å². The van der Waals surface area contributed by atoms with Gasteiger partial charge in [-0.15, -0.1) is 0 Å². The summed E-state index contributed by atoms with van der Waals surface area (Å²) in [5.74, 6) is 1.50. The highest BCUT2D eigenvalue weighted by molar-refractivity contribution is 5.43. The lowest BCUT2D eigenvalue weighted by atomic mass is 10.0. The van der Waals surface area contributed by atoms with Crippen molar-refractivity contribution in [1.29, 1.82) is 0 Å². The Labute approximate surface area is 122 Å². The van der Waals surface area contributed by atoms with E-state index >= 15 is 0 Å². The largest absolute Gasteiger partial charge is 0.493 e. The predicted octanol–water partition coefficient (Wildman–Crippen LogP) is 2.82. The van der Waals surface area contributed by atoms with Gasteiger partial charge < -0.3 is 15.2 Å². The molecule has 0 saturated heterocycles. The normalized spacial score (nSPS) is 14.2. The smallest absolute Gasteiger partial charge is 0.161 e. The number of likely N-dealkylation sites (N-methyl/N-ethyl adjacent to an activating group) is 1. The summed E-state index contributed by atoms with van der Waals surface area (Å²) < 4.78 is 10.7. The molecule has 1 aromatic carbocycles. The molecule has 4 nitrogen and oxygen atoms in total. The SMILES string of the molecule is CCC(C)N(CC)C(CN)c1ccc(OC)c(OC)c1. The molecule has 114 valence electrons. The third-order valence-corrected chi connectivity index (χ3v) is 3.94. The van der Waals surface area contributed by atoms with Gasteiger partial charge in [0.1, 0.15) is 0 Å². The zero-order chi connectivity index (χ0) is 15.1. The number of ether oxygens (including phenoxy) is 2. The molecule has 0 radical (unpaired) electrons. The van der Waals surface area contributed by atoms with E-state index in [9.17, 15) is 0 Å². The van der Waals surface area contributed by atoms with Crippen molar-refractivity contribution in [1.82, 2.24) is 4.90 Å². The van der Waals surface area contributed by atoms with Crippen LogP contribution in [0.3, 0.4) is 0 Å². The van der Waals surface area contributed by atoms with Crippen molar-refractivity contribution >= 4 is 0 Å². The molecule has 0 fully saturated rings. The van der Waals surface area contributed by atoms with Crippen LogP contribution in [0.5, 0.6) is 11.5 Å². The minimum atomic E-state index is 0.203. The Hall–Kier alpha value is -1.26. The Morgan fingerprint density at radius 1 is 1.15 bits per heavy atom. The van der Waals surface area contributed by atoms with Gasteiger partial charge in [0.15, 0.2) is 11.5 Å². The zero-order valence-corrected chi connectivity index (χ0v) is 13.3. The van der Waals surface area contributed by atoms with E-state index in [4.69, 9.17) is 15.2 Å². The van der Waals surface area contributed by atoms with Crippen LogP contribution in [-0.4, -0.2) is 38.3 Å². The molecule has 1 rings (SSSR count). The van der Waals surface area contributed by atoms with Gasteiger partial charge in [-0.25, -0.2) is 0 Å². The van der Waals surface area contributed by atoms with Gasteiger partial charge in [-0.05, 0) is 37.6 Å². The molecule has 0 aliphatic carbocycles. The van der Waals surface area contributed by atoms with Gasteiger partial charge in [-0.3, -0.25) is 4.90 Å². The van der Waals surface area contributed by atoms with Gasteiger partial charge in [0.05, 0.1) is 14.2 Å². The topological polar surface area (TPSA) is 47.7 Å². The van der Waals surface area contributed by atoms with Crippen molar-refractivity contribution in [3.05, 3.63) is 23.8 Å². The van der Waals surface area contributed by atoms with Crippen LogP contribution < -0.4 is 15.2 Å². The quantitative estimate of drug-likeness (QED) is 0.795. The van der Waals surface area contributed by atoms with Gasteiger partial charge in [-0.1, -0.05) is 19.9 Å². The first-order valence-corrected chi connectivity index (χ1v) is 7.30. The Bertz CT molecular complexity index is 409. The van der Waals surface area contributed by atoms with Crippen LogP contribution in [0.1, 0.15) is 38.8 Å². The van der Waals surface area contributed by atoms with Crippen LogP contribution in [0.4, 0.5) is 0 Å². The molecule has 20 heavy (non-hydrogen) atoms. The fourth-order valence-electron chi connectivity index (χ4n) is 2.60. The molecule has 2 N–H and O–H groups in total. The lowest BCUT2D eigenvalue weighted by Gasteiger charge is -2.35. The number of hydrogen-bond donors (Lipinski definition) is 1. The van der Waals surface area contributed by atoms with Gasteiger partial charge in [0, 0.05) is 18.6 Å². The van der Waals surface area contributed by atoms with Crippen molar-refractivity contribution in [2.45, 2.75) is 39.3 Å². The maximum absolute atomic E-state index is 6.02. The number of methoxy groups -OCH3 is 2. The van der Waals surface area contributed by atoms with E-state index in [1.165, 1.54) is 5.56 Å². The summed E-state index contributed by atoms with van der Waals surface area (Å²) in [5.41, 5.74) is 7.20. The lowest BCUT2D eigenvalue weighted by Crippen LogP contribution is -2.39. The minimum Gasteiger partial charge on any atom is -0.493 e. The first kappa shape index (κ1) is 16.8. The molecular weight excluding hydrogens is 252 g/mol. The van der Waals surface area contributed by atoms with E-state index in [-0.39, 0.29) is 6.04 Å². The fraction of sp³-hybridized carbons (Fsp3) is 0.625. The molecule has 4 heteroatoms. The molecule has 0 aliphatic rings. The monoisotopic (exact) mass is 280 g/mol. The summed E-state index contributed by atoms with van der Waals surface area (Å²) in [6.07, 6.45) is 1.11. The highest BCUT2D eigenvalue weighted by Crippen LogP contribution is 2.32. The first-order chi connectivity index (χ1) is 9.62. The Morgan fingerprint density at radius 3 is 2.25 bits per heavy atom. The van der Waals surface area contributed by atoms with E-state index in [0.717, 1.165) is 24.5 Å². The average Bonchev–Trinajstić information content (AvgIpc) is 2.50. The van der Waals surface area contributed by atoms with Crippen molar-refractivity contribution in [2.75, 3.05) is 27.3 Å². The summed E-state index contributed by atoms with van der Waals surface area (Å²) in [5, 5.41) is 0. The molecule has 1 aromatic rings. The van der Waals surface area contributed by atoms with E-state index in [1.807, 2.05) is 12.1 Å². The number of rotatable bonds is 8. The molecule has 0 spiro atoms. The van der Waals surface area contributed by atoms with Crippen LogP contribution >= 0.6 is 0 Å². The van der Waals surface area contributed by atoms with E-state index < -0.39 is 0 Å². The lowest BCUT2D eigenvalue weighted by molar-refractivity contribution is 0.151. The molecule has 0 aromatic heterocycles. The van der Waals surface area contributed by atoms with Crippen LogP contribution in [0.2, 0.25) is 0 Å². The summed E-state index contributed by atoms with van der Waals surface area (Å²) in [7, 11) is 3.31. The maximum Gasteiger partial charge on any atom is 0.161 e. The summed E-state index contributed by atoms with van der Waals surface area (Å²) in [6, 6.07) is 6.75. The van der Waals surface area contributed by atoms with Crippen LogP contribution in [0.25, 0.3) is 0 Å². The van der Waals surface area contributed by atoms with Crippen LogP contribution in [-0.2, 0) is 0 Å². The van der Waals surface area contributed by atoms with Crippen LogP contribution in [0, 0.1) is 0 Å².